The molecule has 0 spiro atoms. The van der Waals surface area contributed by atoms with Crippen molar-refractivity contribution in [2.75, 3.05) is 19.6 Å². The Morgan fingerprint density at radius 3 is 2.83 bits per heavy atom. The van der Waals surface area contributed by atoms with Crippen LogP contribution in [0.1, 0.15) is 53.7 Å². The normalized spacial score (nSPS) is 22.4. The number of hydrogen-bond acceptors (Lipinski definition) is 5. The van der Waals surface area contributed by atoms with Crippen molar-refractivity contribution in [1.82, 2.24) is 14.8 Å². The molecule has 5 nitrogen and oxygen atoms in total. The first kappa shape index (κ1) is 20.3. The summed E-state index contributed by atoms with van der Waals surface area (Å²) in [5.41, 5.74) is 0.951. The van der Waals surface area contributed by atoms with Gasteiger partial charge in [-0.15, -0.1) is 11.3 Å². The van der Waals surface area contributed by atoms with Crippen LogP contribution in [0.3, 0.4) is 0 Å². The third-order valence-corrected chi connectivity index (χ3v) is 6.82. The zero-order valence-corrected chi connectivity index (χ0v) is 17.9. The Hall–Kier alpha value is -1.99. The second-order valence-electron chi connectivity index (χ2n) is 8.07. The number of carbonyl (C=O) groups is 1. The van der Waals surface area contributed by atoms with Crippen LogP contribution in [-0.4, -0.2) is 52.4 Å². The van der Waals surface area contributed by atoms with Crippen LogP contribution < -0.4 is 4.74 Å². The van der Waals surface area contributed by atoms with Gasteiger partial charge < -0.3 is 9.64 Å². The first-order chi connectivity index (χ1) is 14.0. The van der Waals surface area contributed by atoms with Gasteiger partial charge >= 0.3 is 0 Å². The smallest absolute Gasteiger partial charge is 0.257 e. The van der Waals surface area contributed by atoms with Crippen LogP contribution in [0.2, 0.25) is 0 Å². The minimum absolute atomic E-state index is 0.128. The van der Waals surface area contributed by atoms with Gasteiger partial charge in [-0.05, 0) is 58.2 Å². The summed E-state index contributed by atoms with van der Waals surface area (Å²) >= 11 is 1.56. The first-order valence-electron chi connectivity index (χ1n) is 10.4. The number of ether oxygens (including phenoxy) is 1. The lowest BCUT2D eigenvalue weighted by Crippen LogP contribution is -2.44. The van der Waals surface area contributed by atoms with Crippen LogP contribution in [0.5, 0.6) is 5.75 Å². The zero-order chi connectivity index (χ0) is 20.4. The van der Waals surface area contributed by atoms with Crippen molar-refractivity contribution in [2.24, 2.45) is 0 Å². The molecular formula is C22H28FN3O2S. The summed E-state index contributed by atoms with van der Waals surface area (Å²) < 4.78 is 20.4. The molecule has 1 aromatic heterocycles. The summed E-state index contributed by atoms with van der Waals surface area (Å²) in [6.07, 6.45) is 4.41. The van der Waals surface area contributed by atoms with E-state index in [0.29, 0.717) is 24.9 Å². The molecule has 2 aliphatic heterocycles. The number of benzene rings is 1. The molecule has 2 atom stereocenters. The predicted molar refractivity (Wildman–Crippen MR) is 112 cm³/mol. The predicted octanol–water partition coefficient (Wildman–Crippen LogP) is 4.26. The van der Waals surface area contributed by atoms with Crippen LogP contribution >= 0.6 is 11.3 Å². The number of amides is 1. The molecule has 0 N–H and O–H groups in total. The van der Waals surface area contributed by atoms with E-state index in [1.165, 1.54) is 18.9 Å². The number of likely N-dealkylation sites (tertiary alicyclic amines) is 2. The number of carbonyl (C=O) groups excluding carboxylic acids is 1. The molecule has 29 heavy (non-hydrogen) atoms. The van der Waals surface area contributed by atoms with Crippen molar-refractivity contribution in [3.8, 4) is 5.75 Å². The summed E-state index contributed by atoms with van der Waals surface area (Å²) in [6, 6.07) is 5.27. The monoisotopic (exact) mass is 417 g/mol. The molecule has 4 rings (SSSR count). The van der Waals surface area contributed by atoms with E-state index in [-0.39, 0.29) is 17.5 Å². The van der Waals surface area contributed by atoms with E-state index in [0.717, 1.165) is 36.6 Å². The molecule has 2 aromatic rings. The summed E-state index contributed by atoms with van der Waals surface area (Å²) in [7, 11) is 0. The Labute approximate surface area is 175 Å². The highest BCUT2D eigenvalue weighted by Gasteiger charge is 2.33. The Kier molecular flexibility index (Phi) is 6.15. The summed E-state index contributed by atoms with van der Waals surface area (Å²) in [4.78, 5) is 21.7. The summed E-state index contributed by atoms with van der Waals surface area (Å²) in [5.74, 6) is -0.325. The SMILES string of the molecule is Cc1nc(COc2ccc(C(=O)N3CCCC3CN3CCC[C@@H]3C)c(F)c2)cs1. The maximum Gasteiger partial charge on any atom is 0.257 e. The number of aromatic nitrogens is 1. The van der Waals surface area contributed by atoms with Gasteiger partial charge in [-0.1, -0.05) is 0 Å². The van der Waals surface area contributed by atoms with Gasteiger partial charge in [-0.3, -0.25) is 9.69 Å². The highest BCUT2D eigenvalue weighted by molar-refractivity contribution is 7.09. The molecule has 1 unspecified atom stereocenters. The Morgan fingerprint density at radius 2 is 2.14 bits per heavy atom. The third kappa shape index (κ3) is 4.61. The van der Waals surface area contributed by atoms with Gasteiger partial charge in [-0.2, -0.15) is 0 Å². The summed E-state index contributed by atoms with van der Waals surface area (Å²) in [6.45, 7) is 7.16. The maximum absolute atomic E-state index is 14.7. The number of thiazole rings is 1. The van der Waals surface area contributed by atoms with Gasteiger partial charge in [0.25, 0.3) is 5.91 Å². The van der Waals surface area contributed by atoms with Gasteiger partial charge in [0.15, 0.2) is 0 Å². The van der Waals surface area contributed by atoms with Crippen LogP contribution in [-0.2, 0) is 6.61 Å². The maximum atomic E-state index is 14.7. The first-order valence-corrected chi connectivity index (χ1v) is 11.3. The fourth-order valence-corrected chi connectivity index (χ4v) is 4.97. The lowest BCUT2D eigenvalue weighted by Gasteiger charge is -2.31. The van der Waals surface area contributed by atoms with E-state index in [9.17, 15) is 9.18 Å². The number of rotatable bonds is 6. The molecule has 7 heteroatoms. The van der Waals surface area contributed by atoms with Crippen molar-refractivity contribution in [3.05, 3.63) is 45.7 Å². The second-order valence-corrected chi connectivity index (χ2v) is 9.13. The van der Waals surface area contributed by atoms with Gasteiger partial charge in [-0.25, -0.2) is 9.37 Å². The highest BCUT2D eigenvalue weighted by atomic mass is 32.1. The molecule has 0 saturated carbocycles. The molecular weight excluding hydrogens is 389 g/mol. The second kappa shape index (κ2) is 8.79. The van der Waals surface area contributed by atoms with Crippen LogP contribution in [0.4, 0.5) is 4.39 Å². The van der Waals surface area contributed by atoms with E-state index in [4.69, 9.17) is 4.74 Å². The lowest BCUT2D eigenvalue weighted by molar-refractivity contribution is 0.0692. The fourth-order valence-electron chi connectivity index (χ4n) is 4.37. The molecule has 1 amide bonds. The van der Waals surface area contributed by atoms with E-state index < -0.39 is 5.82 Å². The highest BCUT2D eigenvalue weighted by Crippen LogP contribution is 2.26. The molecule has 2 saturated heterocycles. The topological polar surface area (TPSA) is 45.7 Å². The van der Waals surface area contributed by atoms with Crippen molar-refractivity contribution in [3.63, 3.8) is 0 Å². The Bertz CT molecular complexity index is 871. The van der Waals surface area contributed by atoms with E-state index in [1.807, 2.05) is 17.2 Å². The molecule has 2 aliphatic rings. The molecule has 1 aromatic carbocycles. The average molecular weight is 418 g/mol. The van der Waals surface area contributed by atoms with Crippen LogP contribution in [0.15, 0.2) is 23.6 Å². The van der Waals surface area contributed by atoms with Crippen molar-refractivity contribution in [2.45, 2.75) is 58.2 Å². The number of halogens is 1. The van der Waals surface area contributed by atoms with Crippen molar-refractivity contribution < 1.29 is 13.9 Å². The number of hydrogen-bond donors (Lipinski definition) is 0. The van der Waals surface area contributed by atoms with Crippen molar-refractivity contribution in [1.29, 1.82) is 0 Å². The van der Waals surface area contributed by atoms with Gasteiger partial charge in [0.05, 0.1) is 16.3 Å². The molecule has 2 fully saturated rings. The van der Waals surface area contributed by atoms with E-state index in [1.54, 1.807) is 23.5 Å². The Balaban J connectivity index is 1.40. The largest absolute Gasteiger partial charge is 0.487 e. The van der Waals surface area contributed by atoms with E-state index >= 15 is 0 Å². The Morgan fingerprint density at radius 1 is 1.31 bits per heavy atom. The molecule has 0 aliphatic carbocycles. The van der Waals surface area contributed by atoms with Gasteiger partial charge in [0, 0.05) is 36.6 Å². The van der Waals surface area contributed by atoms with Crippen LogP contribution in [0.25, 0.3) is 0 Å². The lowest BCUT2D eigenvalue weighted by atomic mass is 10.1. The molecule has 3 heterocycles. The van der Waals surface area contributed by atoms with Gasteiger partial charge in [0.2, 0.25) is 0 Å². The average Bonchev–Trinajstić information content (AvgIpc) is 3.43. The molecule has 0 radical (unpaired) electrons. The van der Waals surface area contributed by atoms with Crippen LogP contribution in [0, 0.1) is 12.7 Å². The summed E-state index contributed by atoms with van der Waals surface area (Å²) in [5, 5.41) is 2.90. The minimum atomic E-state index is -0.526. The third-order valence-electron chi connectivity index (χ3n) is 6.00. The zero-order valence-electron chi connectivity index (χ0n) is 17.1. The fraction of sp³-hybridized carbons (Fsp3) is 0.545. The number of aryl methyl sites for hydroxylation is 1. The number of nitrogens with zero attached hydrogens (tertiary/aromatic N) is 3. The standard InChI is InChI=1S/C22H28FN3O2S/c1-15-5-3-9-25(15)12-18-6-4-10-26(18)22(27)20-8-7-19(11-21(20)23)28-13-17-14-29-16(2)24-17/h7-8,11,14-15,18H,3-6,9-10,12-13H2,1-2H3/t15-,18?/m0/s1. The minimum Gasteiger partial charge on any atom is -0.487 e. The molecule has 156 valence electrons. The van der Waals surface area contributed by atoms with E-state index in [2.05, 4.69) is 16.8 Å². The van der Waals surface area contributed by atoms with Gasteiger partial charge in [0.1, 0.15) is 18.2 Å². The quantitative estimate of drug-likeness (QED) is 0.705. The van der Waals surface area contributed by atoms with Crippen molar-refractivity contribution >= 4 is 17.2 Å². The molecule has 0 bridgehead atoms.